The highest BCUT2D eigenvalue weighted by Gasteiger charge is 2.41. The van der Waals surface area contributed by atoms with Crippen LogP contribution in [0.4, 0.5) is 5.69 Å². The van der Waals surface area contributed by atoms with Crippen molar-refractivity contribution >= 4 is 17.6 Å². The summed E-state index contributed by atoms with van der Waals surface area (Å²) in [6.45, 7) is 6.61. The second-order valence-electron chi connectivity index (χ2n) is 8.24. The molecule has 3 rings (SSSR count). The summed E-state index contributed by atoms with van der Waals surface area (Å²) in [7, 11) is 0. The van der Waals surface area contributed by atoms with Gasteiger partial charge in [-0.3, -0.25) is 4.79 Å². The molecule has 2 aromatic carbocycles. The summed E-state index contributed by atoms with van der Waals surface area (Å²) in [6, 6.07) is 13.5. The molecule has 0 aromatic heterocycles. The largest absolute Gasteiger partial charge is 0.493 e. The van der Waals surface area contributed by atoms with Gasteiger partial charge in [-0.1, -0.05) is 56.0 Å². The van der Waals surface area contributed by atoms with E-state index in [1.165, 1.54) is 5.56 Å². The summed E-state index contributed by atoms with van der Waals surface area (Å²) in [4.78, 5) is 26.0. The van der Waals surface area contributed by atoms with Crippen molar-refractivity contribution in [3.05, 3.63) is 59.2 Å². The van der Waals surface area contributed by atoms with E-state index in [-0.39, 0.29) is 12.5 Å². The Morgan fingerprint density at radius 1 is 1.00 bits per heavy atom. The molecule has 0 spiro atoms. The number of ether oxygens (including phenoxy) is 2. The van der Waals surface area contributed by atoms with Crippen LogP contribution in [-0.2, 0) is 14.9 Å². The lowest BCUT2D eigenvalue weighted by Gasteiger charge is -2.36. The predicted molar refractivity (Wildman–Crippen MR) is 123 cm³/mol. The fourth-order valence-corrected chi connectivity index (χ4v) is 4.24. The molecule has 0 unspecified atom stereocenters. The Labute approximate surface area is 185 Å². The van der Waals surface area contributed by atoms with Crippen LogP contribution in [-0.4, -0.2) is 25.1 Å². The minimum atomic E-state index is -0.548. The number of benzene rings is 2. The van der Waals surface area contributed by atoms with Gasteiger partial charge in [-0.05, 0) is 56.9 Å². The van der Waals surface area contributed by atoms with Crippen molar-refractivity contribution in [3.63, 3.8) is 0 Å². The molecule has 2 aromatic rings. The minimum absolute atomic E-state index is 0.0203. The molecule has 1 aliphatic rings. The number of hydrogen-bond acceptors (Lipinski definition) is 4. The molecule has 166 valence electrons. The van der Waals surface area contributed by atoms with Gasteiger partial charge in [0.15, 0.2) is 0 Å². The smallest absolute Gasteiger partial charge is 0.341 e. The van der Waals surface area contributed by atoms with Crippen LogP contribution in [0.1, 0.15) is 73.9 Å². The van der Waals surface area contributed by atoms with Crippen LogP contribution >= 0.6 is 0 Å². The highest BCUT2D eigenvalue weighted by Crippen LogP contribution is 2.41. The summed E-state index contributed by atoms with van der Waals surface area (Å²) < 4.78 is 10.9. The molecule has 0 atom stereocenters. The summed E-state index contributed by atoms with van der Waals surface area (Å²) >= 11 is 0. The number of nitrogens with one attached hydrogen (secondary N) is 1. The molecule has 31 heavy (non-hydrogen) atoms. The van der Waals surface area contributed by atoms with Crippen LogP contribution < -0.4 is 10.1 Å². The van der Waals surface area contributed by atoms with E-state index in [1.54, 1.807) is 25.1 Å². The number of hydrogen-bond donors (Lipinski definition) is 1. The Hall–Kier alpha value is -2.82. The Balaban J connectivity index is 1.90. The lowest BCUT2D eigenvalue weighted by Crippen LogP contribution is -2.42. The number of carbonyl (C=O) groups is 2. The molecule has 0 aliphatic heterocycles. The Morgan fingerprint density at radius 2 is 1.71 bits per heavy atom. The number of rotatable bonds is 8. The van der Waals surface area contributed by atoms with E-state index in [4.69, 9.17) is 9.47 Å². The summed E-state index contributed by atoms with van der Waals surface area (Å²) in [5.41, 5.74) is 2.60. The third-order valence-electron chi connectivity index (χ3n) is 5.94. The third-order valence-corrected chi connectivity index (χ3v) is 5.94. The molecule has 5 heteroatoms. The van der Waals surface area contributed by atoms with E-state index in [0.29, 0.717) is 23.6 Å². The highest BCUT2D eigenvalue weighted by molar-refractivity contribution is 6.01. The second-order valence-corrected chi connectivity index (χ2v) is 8.24. The van der Waals surface area contributed by atoms with Crippen LogP contribution in [0.5, 0.6) is 5.75 Å². The Morgan fingerprint density at radius 3 is 2.35 bits per heavy atom. The van der Waals surface area contributed by atoms with Gasteiger partial charge < -0.3 is 14.8 Å². The van der Waals surface area contributed by atoms with Crippen LogP contribution in [0.25, 0.3) is 0 Å². The third kappa shape index (κ3) is 5.27. The molecule has 0 bridgehead atoms. The molecule has 1 amide bonds. The van der Waals surface area contributed by atoms with Crippen molar-refractivity contribution in [1.29, 1.82) is 0 Å². The van der Waals surface area contributed by atoms with Crippen molar-refractivity contribution in [2.75, 3.05) is 18.5 Å². The molecule has 1 saturated carbocycles. The molecular weight excluding hydrogens is 390 g/mol. The Kier molecular flexibility index (Phi) is 7.72. The summed E-state index contributed by atoms with van der Waals surface area (Å²) in [5, 5.41) is 3.08. The van der Waals surface area contributed by atoms with Gasteiger partial charge in [0, 0.05) is 5.69 Å². The van der Waals surface area contributed by atoms with Crippen molar-refractivity contribution in [1.82, 2.24) is 0 Å². The maximum absolute atomic E-state index is 13.6. The quantitative estimate of drug-likeness (QED) is 0.545. The van der Waals surface area contributed by atoms with E-state index in [9.17, 15) is 9.59 Å². The van der Waals surface area contributed by atoms with Crippen molar-refractivity contribution < 1.29 is 19.1 Å². The van der Waals surface area contributed by atoms with E-state index >= 15 is 0 Å². The summed E-state index contributed by atoms with van der Waals surface area (Å²) in [6.07, 6.45) is 5.68. The lowest BCUT2D eigenvalue weighted by molar-refractivity contribution is -0.122. The van der Waals surface area contributed by atoms with Gasteiger partial charge in [0.05, 0.1) is 18.6 Å². The number of anilines is 1. The SMILES string of the molecule is CCCOc1ccc(NC(=O)C2(c3ccc(C)cc3)CCCCC2)cc1C(=O)OCC. The molecule has 1 fully saturated rings. The van der Waals surface area contributed by atoms with Gasteiger partial charge in [-0.25, -0.2) is 4.79 Å². The molecule has 5 nitrogen and oxygen atoms in total. The lowest BCUT2D eigenvalue weighted by atomic mass is 9.68. The first-order chi connectivity index (χ1) is 15.0. The standard InChI is InChI=1S/C26H33NO4/c1-4-17-31-23-14-13-21(18-22(23)24(28)30-5-2)27-25(29)26(15-7-6-8-16-26)20-11-9-19(3)10-12-20/h9-14,18H,4-8,15-17H2,1-3H3,(H,27,29). The van der Waals surface area contributed by atoms with Gasteiger partial charge >= 0.3 is 5.97 Å². The predicted octanol–water partition coefficient (Wildman–Crippen LogP) is 5.80. The number of amides is 1. The average Bonchev–Trinajstić information content (AvgIpc) is 2.79. The first-order valence-corrected chi connectivity index (χ1v) is 11.3. The van der Waals surface area contributed by atoms with E-state index < -0.39 is 11.4 Å². The molecule has 0 heterocycles. The normalized spacial score (nSPS) is 15.2. The Bertz CT molecular complexity index is 898. The molecule has 0 radical (unpaired) electrons. The van der Waals surface area contributed by atoms with Gasteiger partial charge in [-0.2, -0.15) is 0 Å². The van der Waals surface area contributed by atoms with Gasteiger partial charge in [-0.15, -0.1) is 0 Å². The fourth-order valence-electron chi connectivity index (χ4n) is 4.24. The van der Waals surface area contributed by atoms with Crippen molar-refractivity contribution in [3.8, 4) is 5.75 Å². The number of aryl methyl sites for hydroxylation is 1. The molecular formula is C26H33NO4. The van der Waals surface area contributed by atoms with E-state index in [2.05, 4.69) is 36.5 Å². The van der Waals surface area contributed by atoms with Gasteiger partial charge in [0.1, 0.15) is 11.3 Å². The maximum atomic E-state index is 13.6. The zero-order valence-electron chi connectivity index (χ0n) is 18.8. The number of esters is 1. The average molecular weight is 424 g/mol. The number of carbonyl (C=O) groups excluding carboxylic acids is 2. The van der Waals surface area contributed by atoms with Gasteiger partial charge in [0.2, 0.25) is 5.91 Å². The zero-order valence-corrected chi connectivity index (χ0v) is 18.8. The van der Waals surface area contributed by atoms with E-state index in [0.717, 1.165) is 44.1 Å². The van der Waals surface area contributed by atoms with Crippen LogP contribution in [0.3, 0.4) is 0 Å². The molecule has 1 N–H and O–H groups in total. The zero-order chi connectivity index (χ0) is 22.3. The molecule has 1 aliphatic carbocycles. The highest BCUT2D eigenvalue weighted by atomic mass is 16.5. The molecule has 0 saturated heterocycles. The van der Waals surface area contributed by atoms with Crippen LogP contribution in [0.15, 0.2) is 42.5 Å². The summed E-state index contributed by atoms with van der Waals surface area (Å²) in [5.74, 6) is 0.00733. The monoisotopic (exact) mass is 423 g/mol. The van der Waals surface area contributed by atoms with Crippen molar-refractivity contribution in [2.45, 2.75) is 64.7 Å². The first-order valence-electron chi connectivity index (χ1n) is 11.3. The first kappa shape index (κ1) is 22.9. The second kappa shape index (κ2) is 10.5. The minimum Gasteiger partial charge on any atom is -0.493 e. The van der Waals surface area contributed by atoms with E-state index in [1.807, 2.05) is 6.92 Å². The van der Waals surface area contributed by atoms with Gasteiger partial charge in [0.25, 0.3) is 0 Å². The topological polar surface area (TPSA) is 64.6 Å². The fraction of sp³-hybridized carbons (Fsp3) is 0.462. The van der Waals surface area contributed by atoms with Crippen molar-refractivity contribution in [2.24, 2.45) is 0 Å². The maximum Gasteiger partial charge on any atom is 0.341 e. The van der Waals surface area contributed by atoms with Crippen LogP contribution in [0.2, 0.25) is 0 Å². The van der Waals surface area contributed by atoms with Crippen LogP contribution in [0, 0.1) is 6.92 Å².